The van der Waals surface area contributed by atoms with Crippen LogP contribution >= 0.6 is 0 Å². The van der Waals surface area contributed by atoms with Gasteiger partial charge in [-0.15, -0.1) is 0 Å². The quantitative estimate of drug-likeness (QED) is 0.0813. The molecule has 5 aliphatic rings. The van der Waals surface area contributed by atoms with E-state index in [4.69, 9.17) is 9.98 Å². The van der Waals surface area contributed by atoms with Crippen LogP contribution in [0.3, 0.4) is 0 Å². The number of aliphatic carboxylic acids is 8. The Balaban J connectivity index is 1.99. The summed E-state index contributed by atoms with van der Waals surface area (Å²) in [6, 6.07) is -1.12. The van der Waals surface area contributed by atoms with Crippen molar-refractivity contribution in [3.8, 4) is 0 Å². The van der Waals surface area contributed by atoms with Crippen LogP contribution in [0.5, 0.6) is 0 Å². The minimum atomic E-state index is -1.64. The lowest BCUT2D eigenvalue weighted by atomic mass is 9.56. The van der Waals surface area contributed by atoms with Crippen LogP contribution in [-0.4, -0.2) is 117 Å². The molecular weight excluding hydrogens is 840 g/mol. The van der Waals surface area contributed by atoms with Crippen molar-refractivity contribution < 1.29 is 79.2 Å². The molecule has 8 bridgehead atoms. The van der Waals surface area contributed by atoms with E-state index >= 15 is 0 Å². The first kappa shape index (κ1) is 48.7. The van der Waals surface area contributed by atoms with E-state index in [0.29, 0.717) is 11.3 Å². The van der Waals surface area contributed by atoms with Crippen LogP contribution in [0, 0.1) is 28.1 Å². The van der Waals surface area contributed by atoms with E-state index in [9.17, 15) is 79.2 Å². The van der Waals surface area contributed by atoms with Gasteiger partial charge in [-0.05, 0) is 75.3 Å². The Bertz CT molecular complexity index is 2270. The Labute approximate surface area is 367 Å². The first-order valence-electron chi connectivity index (χ1n) is 21.0. The topological polar surface area (TPSA) is 347 Å². The monoisotopic (exact) mass is 896 g/mol. The number of nitrogens with one attached hydrogen (secondary N) is 2. The number of rotatable bonds is 20. The number of carboxylic acid groups (broad SMARTS) is 8. The number of fused-ring (bicyclic) bond motifs is 7. The first-order valence-corrected chi connectivity index (χ1v) is 21.0. The fraction of sp³-hybridized carbons (Fsp3) is 0.591. The zero-order valence-corrected chi connectivity index (χ0v) is 36.3. The van der Waals surface area contributed by atoms with Gasteiger partial charge in [0.2, 0.25) is 0 Å². The molecule has 0 saturated carbocycles. The second-order valence-corrected chi connectivity index (χ2v) is 18.7. The van der Waals surface area contributed by atoms with Gasteiger partial charge in [0.25, 0.3) is 0 Å². The third kappa shape index (κ3) is 9.17. The van der Waals surface area contributed by atoms with Gasteiger partial charge in [0.1, 0.15) is 0 Å². The van der Waals surface area contributed by atoms with Crippen LogP contribution < -0.4 is 10.6 Å². The molecule has 0 aromatic carbocycles. The third-order valence-corrected chi connectivity index (χ3v) is 14.5. The molecule has 8 atom stereocenters. The highest BCUT2D eigenvalue weighted by Gasteiger charge is 2.66. The number of carboxylic acids is 8. The predicted molar refractivity (Wildman–Crippen MR) is 224 cm³/mol. The lowest BCUT2D eigenvalue weighted by molar-refractivity contribution is -0.144. The van der Waals surface area contributed by atoms with Crippen molar-refractivity contribution in [2.75, 3.05) is 0 Å². The fourth-order valence-corrected chi connectivity index (χ4v) is 11.1. The normalized spacial score (nSPS) is 32.5. The molecule has 10 N–H and O–H groups in total. The number of aliphatic imine (C=N–C) groups is 2. The van der Waals surface area contributed by atoms with Gasteiger partial charge in [-0.3, -0.25) is 48.3 Å². The summed E-state index contributed by atoms with van der Waals surface area (Å²) in [6.07, 6.45) is -2.16. The standard InChI is InChI=1S/C44H56N4O16/c1-40(13-12-34(55)56)25(15-36(59)60)39-44(5)42(3,20-38(63)64)23(8-11-33(53)54)27(48-44)17-30-41(2,19-37(61)62)22(7-10-32(51)52)28(45-30)18-43(4)24(14-35(57)58)21(6-9-31(49)50)26(47-43)16-29(40)46-39/h16-17,23,25,39,45-46H,6-15,18-20H2,1-5H3,(H,49,50)(H,51,52)(H,53,54)(H,55,56)(H,57,58)(H,59,60)(H,61,62)(H,63,64)/b29-16-,30-17?/t23-,25+,39-,40-,41+,42+,43+,44+/m1/s1. The molecular formula is C44H56N4O16. The molecule has 0 unspecified atom stereocenters. The van der Waals surface area contributed by atoms with Gasteiger partial charge in [-0.1, -0.05) is 13.8 Å². The molecule has 20 nitrogen and oxygen atoms in total. The zero-order valence-electron chi connectivity index (χ0n) is 36.3. The minimum Gasteiger partial charge on any atom is -0.481 e. The Morgan fingerprint density at radius 2 is 1.25 bits per heavy atom. The fourth-order valence-electron chi connectivity index (χ4n) is 11.1. The highest BCUT2D eigenvalue weighted by Crippen LogP contribution is 2.61. The van der Waals surface area contributed by atoms with Crippen LogP contribution in [0.2, 0.25) is 0 Å². The Kier molecular flexibility index (Phi) is 13.4. The van der Waals surface area contributed by atoms with Gasteiger partial charge < -0.3 is 51.5 Å². The van der Waals surface area contributed by atoms with E-state index in [1.54, 1.807) is 34.6 Å². The maximum atomic E-state index is 13.0. The van der Waals surface area contributed by atoms with Crippen molar-refractivity contribution in [1.82, 2.24) is 10.6 Å². The Hall–Kier alpha value is -6.34. The van der Waals surface area contributed by atoms with E-state index in [2.05, 4.69) is 10.6 Å². The summed E-state index contributed by atoms with van der Waals surface area (Å²) in [6.45, 7) is 8.07. The number of nitrogens with zero attached hydrogens (tertiary/aromatic N) is 2. The minimum absolute atomic E-state index is 0.108. The Morgan fingerprint density at radius 3 is 1.80 bits per heavy atom. The molecule has 0 aliphatic carbocycles. The number of hydrogen-bond acceptors (Lipinski definition) is 12. The average molecular weight is 897 g/mol. The molecule has 5 rings (SSSR count). The van der Waals surface area contributed by atoms with E-state index in [0.717, 1.165) is 0 Å². The maximum Gasteiger partial charge on any atom is 0.307 e. The summed E-state index contributed by atoms with van der Waals surface area (Å²) in [4.78, 5) is 110. The molecule has 64 heavy (non-hydrogen) atoms. The number of allylic oxidation sites excluding steroid dienone is 5. The van der Waals surface area contributed by atoms with Crippen molar-refractivity contribution in [1.29, 1.82) is 0 Å². The lowest BCUT2D eigenvalue weighted by Gasteiger charge is -2.48. The van der Waals surface area contributed by atoms with E-state index in [1.165, 1.54) is 12.2 Å². The van der Waals surface area contributed by atoms with Crippen LogP contribution in [0.1, 0.15) is 118 Å². The van der Waals surface area contributed by atoms with Gasteiger partial charge in [0, 0.05) is 83.0 Å². The summed E-state index contributed by atoms with van der Waals surface area (Å²) in [5, 5.41) is 88.2. The zero-order chi connectivity index (χ0) is 47.9. The molecule has 20 heteroatoms. The highest BCUT2D eigenvalue weighted by molar-refractivity contribution is 6.12. The highest BCUT2D eigenvalue weighted by atomic mass is 16.4. The molecule has 0 amide bonds. The summed E-state index contributed by atoms with van der Waals surface area (Å²) in [5.74, 6) is -12.0. The van der Waals surface area contributed by atoms with Gasteiger partial charge >= 0.3 is 47.8 Å². The van der Waals surface area contributed by atoms with E-state index in [-0.39, 0.29) is 66.1 Å². The number of hydrogen-bond donors (Lipinski definition) is 10. The van der Waals surface area contributed by atoms with Crippen molar-refractivity contribution in [2.24, 2.45) is 38.1 Å². The van der Waals surface area contributed by atoms with Gasteiger partial charge in [-0.2, -0.15) is 0 Å². The summed E-state index contributed by atoms with van der Waals surface area (Å²) in [7, 11) is 0. The molecule has 1 saturated heterocycles. The summed E-state index contributed by atoms with van der Waals surface area (Å²) < 4.78 is 0. The first-order chi connectivity index (χ1) is 29.6. The predicted octanol–water partition coefficient (Wildman–Crippen LogP) is 4.32. The molecule has 0 aromatic heterocycles. The molecule has 0 aromatic rings. The molecule has 1 fully saturated rings. The third-order valence-electron chi connectivity index (χ3n) is 14.5. The molecule has 5 heterocycles. The van der Waals surface area contributed by atoms with Crippen LogP contribution in [0.25, 0.3) is 0 Å². The van der Waals surface area contributed by atoms with Gasteiger partial charge in [0.15, 0.2) is 0 Å². The van der Waals surface area contributed by atoms with E-state index < -0.39 is 144 Å². The van der Waals surface area contributed by atoms with Crippen molar-refractivity contribution >= 4 is 59.2 Å². The van der Waals surface area contributed by atoms with Crippen molar-refractivity contribution in [3.05, 3.63) is 46.0 Å². The van der Waals surface area contributed by atoms with E-state index in [1.807, 2.05) is 0 Å². The van der Waals surface area contributed by atoms with Gasteiger partial charge in [-0.25, -0.2) is 0 Å². The molecule has 0 radical (unpaired) electrons. The largest absolute Gasteiger partial charge is 0.481 e. The smallest absolute Gasteiger partial charge is 0.307 e. The molecule has 348 valence electrons. The molecule has 0 spiro atoms. The Morgan fingerprint density at radius 1 is 0.656 bits per heavy atom. The molecule has 5 aliphatic heterocycles. The van der Waals surface area contributed by atoms with Crippen molar-refractivity contribution in [3.63, 3.8) is 0 Å². The number of carbonyl (C=O) groups is 8. The lowest BCUT2D eigenvalue weighted by Crippen LogP contribution is -2.58. The second-order valence-electron chi connectivity index (χ2n) is 18.7. The van der Waals surface area contributed by atoms with Crippen molar-refractivity contribution in [2.45, 2.75) is 135 Å². The maximum absolute atomic E-state index is 13.0. The SMILES string of the molecule is C[C@@]1(CC(=O)O)C2=CC3=N[C@@](C)([C@@H]4N/C(=C\C5=N[C@@](C)(CC(=C1CCC(=O)O)N2)C(CC(=O)O)=C5CCC(=O)O)[C@](C)(CCC(=O)O)[C@H]4CC(=O)O)[C@@](C)(CC(=O)O)[C@@H]3CCC(=O)O. The average Bonchev–Trinajstić information content (AvgIpc) is 3.72. The van der Waals surface area contributed by atoms with Crippen LogP contribution in [0.15, 0.2) is 55.9 Å². The summed E-state index contributed by atoms with van der Waals surface area (Å²) in [5.41, 5.74) is -5.78. The second kappa shape index (κ2) is 17.7. The van der Waals surface area contributed by atoms with Gasteiger partial charge in [0.05, 0.1) is 48.5 Å². The summed E-state index contributed by atoms with van der Waals surface area (Å²) >= 11 is 0. The van der Waals surface area contributed by atoms with Crippen LogP contribution in [-0.2, 0) is 38.4 Å². The van der Waals surface area contributed by atoms with Crippen LogP contribution in [0.4, 0.5) is 0 Å².